The fraction of sp³-hybridized carbons (Fsp3) is 0.615. The quantitative estimate of drug-likeness (QED) is 0.343. The Kier molecular flexibility index (Phi) is 4.46. The summed E-state index contributed by atoms with van der Waals surface area (Å²) < 4.78 is 1.65. The Hall–Kier alpha value is -2.09. The van der Waals surface area contributed by atoms with E-state index in [-0.39, 0.29) is 17.8 Å². The Morgan fingerprint density at radius 3 is 2.52 bits per heavy atom. The number of hydrogen-bond acceptors (Lipinski definition) is 5. The molecule has 0 spiro atoms. The maximum atomic E-state index is 12.5. The third-order valence-corrected chi connectivity index (χ3v) is 3.94. The van der Waals surface area contributed by atoms with Gasteiger partial charge in [0.1, 0.15) is 0 Å². The van der Waals surface area contributed by atoms with Crippen molar-refractivity contribution in [3.8, 4) is 0 Å². The van der Waals surface area contributed by atoms with E-state index >= 15 is 0 Å². The summed E-state index contributed by atoms with van der Waals surface area (Å²) in [5.41, 5.74) is 7.02. The van der Waals surface area contributed by atoms with Gasteiger partial charge in [0.15, 0.2) is 5.84 Å². The van der Waals surface area contributed by atoms with Crippen molar-refractivity contribution in [1.29, 1.82) is 0 Å². The number of nitrogens with zero attached hydrogens (tertiary/aromatic N) is 5. The van der Waals surface area contributed by atoms with Crippen molar-refractivity contribution in [3.05, 3.63) is 17.5 Å². The van der Waals surface area contributed by atoms with Gasteiger partial charge in [-0.2, -0.15) is 5.10 Å². The SMILES string of the molecule is Cc1nn(C)cc1C(=O)N1CCN(C(C)C(N)=NO)CC1. The molecule has 2 rings (SSSR count). The number of rotatable bonds is 3. The van der Waals surface area contributed by atoms with E-state index in [4.69, 9.17) is 10.9 Å². The molecule has 8 heteroatoms. The molecular weight excluding hydrogens is 272 g/mol. The van der Waals surface area contributed by atoms with Gasteiger partial charge in [-0.1, -0.05) is 5.16 Å². The smallest absolute Gasteiger partial charge is 0.257 e. The number of carbonyl (C=O) groups is 1. The summed E-state index contributed by atoms with van der Waals surface area (Å²) in [7, 11) is 1.81. The highest BCUT2D eigenvalue weighted by atomic mass is 16.4. The van der Waals surface area contributed by atoms with Gasteiger partial charge in [-0.25, -0.2) is 0 Å². The fourth-order valence-electron chi connectivity index (χ4n) is 2.56. The van der Waals surface area contributed by atoms with Gasteiger partial charge in [0.2, 0.25) is 0 Å². The Morgan fingerprint density at radius 2 is 2.05 bits per heavy atom. The highest BCUT2D eigenvalue weighted by Gasteiger charge is 2.27. The Labute approximate surface area is 123 Å². The molecule has 0 aromatic carbocycles. The third kappa shape index (κ3) is 3.15. The first kappa shape index (κ1) is 15.3. The number of aryl methyl sites for hydroxylation is 2. The van der Waals surface area contributed by atoms with Crippen LogP contribution < -0.4 is 5.73 Å². The molecule has 1 aliphatic heterocycles. The number of aromatic nitrogens is 2. The molecule has 1 aromatic rings. The van der Waals surface area contributed by atoms with E-state index in [0.717, 1.165) is 5.69 Å². The van der Waals surface area contributed by atoms with Gasteiger partial charge in [0.25, 0.3) is 5.91 Å². The van der Waals surface area contributed by atoms with E-state index in [9.17, 15) is 4.79 Å². The lowest BCUT2D eigenvalue weighted by atomic mass is 10.2. The topological polar surface area (TPSA) is 100.0 Å². The zero-order valence-corrected chi connectivity index (χ0v) is 12.7. The van der Waals surface area contributed by atoms with Crippen LogP contribution in [0, 0.1) is 6.92 Å². The third-order valence-electron chi connectivity index (χ3n) is 3.94. The molecule has 1 unspecified atom stereocenters. The summed E-state index contributed by atoms with van der Waals surface area (Å²) in [5.74, 6) is 0.203. The van der Waals surface area contributed by atoms with E-state index < -0.39 is 0 Å². The first-order valence-electron chi connectivity index (χ1n) is 6.95. The van der Waals surface area contributed by atoms with Crippen LogP contribution in [0.5, 0.6) is 0 Å². The molecule has 0 saturated carbocycles. The highest BCUT2D eigenvalue weighted by molar-refractivity contribution is 5.95. The number of piperazine rings is 1. The second-order valence-electron chi connectivity index (χ2n) is 5.33. The Balaban J connectivity index is 1.98. The van der Waals surface area contributed by atoms with E-state index in [1.54, 1.807) is 17.9 Å². The molecule has 1 fully saturated rings. The van der Waals surface area contributed by atoms with Gasteiger partial charge in [-0.3, -0.25) is 14.4 Å². The number of oxime groups is 1. The number of amidine groups is 1. The van der Waals surface area contributed by atoms with Gasteiger partial charge < -0.3 is 15.8 Å². The van der Waals surface area contributed by atoms with Crippen LogP contribution >= 0.6 is 0 Å². The average Bonchev–Trinajstić information content (AvgIpc) is 2.83. The van der Waals surface area contributed by atoms with Crippen LogP contribution in [0.25, 0.3) is 0 Å². The van der Waals surface area contributed by atoms with Crippen LogP contribution in [0.3, 0.4) is 0 Å². The number of carbonyl (C=O) groups excluding carboxylic acids is 1. The van der Waals surface area contributed by atoms with E-state index in [0.29, 0.717) is 31.7 Å². The van der Waals surface area contributed by atoms with Crippen molar-refractivity contribution in [2.24, 2.45) is 17.9 Å². The van der Waals surface area contributed by atoms with E-state index in [1.165, 1.54) is 0 Å². The molecule has 3 N–H and O–H groups in total. The molecule has 2 heterocycles. The van der Waals surface area contributed by atoms with Crippen LogP contribution in [0.15, 0.2) is 11.4 Å². The molecule has 1 saturated heterocycles. The molecule has 1 aliphatic rings. The van der Waals surface area contributed by atoms with Crippen molar-refractivity contribution in [1.82, 2.24) is 19.6 Å². The van der Waals surface area contributed by atoms with Crippen molar-refractivity contribution >= 4 is 11.7 Å². The summed E-state index contributed by atoms with van der Waals surface area (Å²) in [4.78, 5) is 16.4. The molecule has 1 aromatic heterocycles. The lowest BCUT2D eigenvalue weighted by Gasteiger charge is -2.37. The monoisotopic (exact) mass is 294 g/mol. The number of amides is 1. The van der Waals surface area contributed by atoms with Gasteiger partial charge in [0.05, 0.1) is 17.3 Å². The molecule has 0 radical (unpaired) electrons. The summed E-state index contributed by atoms with van der Waals surface area (Å²) in [6, 6.07) is -0.132. The second kappa shape index (κ2) is 6.13. The van der Waals surface area contributed by atoms with Crippen molar-refractivity contribution in [2.45, 2.75) is 19.9 Å². The summed E-state index contributed by atoms with van der Waals surface area (Å²) >= 11 is 0. The lowest BCUT2D eigenvalue weighted by Crippen LogP contribution is -2.54. The van der Waals surface area contributed by atoms with Crippen LogP contribution in [-0.2, 0) is 7.05 Å². The Morgan fingerprint density at radius 1 is 1.43 bits per heavy atom. The lowest BCUT2D eigenvalue weighted by molar-refractivity contribution is 0.0618. The largest absolute Gasteiger partial charge is 0.409 e. The van der Waals surface area contributed by atoms with E-state index in [2.05, 4.69) is 15.2 Å². The predicted molar refractivity (Wildman–Crippen MR) is 78.3 cm³/mol. The minimum Gasteiger partial charge on any atom is -0.409 e. The molecule has 21 heavy (non-hydrogen) atoms. The Bertz CT molecular complexity index is 545. The fourth-order valence-corrected chi connectivity index (χ4v) is 2.56. The van der Waals surface area contributed by atoms with Crippen LogP contribution in [0.4, 0.5) is 0 Å². The summed E-state index contributed by atoms with van der Waals surface area (Å²) in [5, 5.41) is 16.0. The van der Waals surface area contributed by atoms with Gasteiger partial charge >= 0.3 is 0 Å². The van der Waals surface area contributed by atoms with Crippen LogP contribution in [-0.4, -0.2) is 68.8 Å². The van der Waals surface area contributed by atoms with Gasteiger partial charge in [-0.15, -0.1) is 0 Å². The molecule has 1 atom stereocenters. The van der Waals surface area contributed by atoms with Crippen LogP contribution in [0.1, 0.15) is 23.0 Å². The maximum absolute atomic E-state index is 12.5. The average molecular weight is 294 g/mol. The first-order valence-corrected chi connectivity index (χ1v) is 6.95. The second-order valence-corrected chi connectivity index (χ2v) is 5.33. The maximum Gasteiger partial charge on any atom is 0.257 e. The highest BCUT2D eigenvalue weighted by Crippen LogP contribution is 2.13. The molecule has 1 amide bonds. The number of nitrogens with two attached hydrogens (primary N) is 1. The summed E-state index contributed by atoms with van der Waals surface area (Å²) in [6.45, 7) is 6.36. The zero-order chi connectivity index (χ0) is 15.6. The zero-order valence-electron chi connectivity index (χ0n) is 12.7. The normalized spacial score (nSPS) is 18.8. The van der Waals surface area contributed by atoms with Crippen LogP contribution in [0.2, 0.25) is 0 Å². The van der Waals surface area contributed by atoms with Crippen molar-refractivity contribution in [2.75, 3.05) is 26.2 Å². The molecule has 0 bridgehead atoms. The first-order chi connectivity index (χ1) is 9.93. The molecule has 8 nitrogen and oxygen atoms in total. The van der Waals surface area contributed by atoms with Gasteiger partial charge in [-0.05, 0) is 13.8 Å². The van der Waals surface area contributed by atoms with E-state index in [1.807, 2.05) is 18.7 Å². The minimum absolute atomic E-state index is 0.0108. The molecule has 116 valence electrons. The number of hydrogen-bond donors (Lipinski definition) is 2. The van der Waals surface area contributed by atoms with Crippen molar-refractivity contribution < 1.29 is 10.0 Å². The summed E-state index contributed by atoms with van der Waals surface area (Å²) in [6.07, 6.45) is 1.75. The minimum atomic E-state index is -0.132. The van der Waals surface area contributed by atoms with Gasteiger partial charge in [0, 0.05) is 39.4 Å². The standard InChI is InChI=1S/C13H22N6O2/c1-9-11(8-17(3)15-9)13(20)19-6-4-18(5-7-19)10(2)12(14)16-21/h8,10,21H,4-7H2,1-3H3,(H2,14,16). The molecule has 0 aliphatic carbocycles. The van der Waals surface area contributed by atoms with Crippen molar-refractivity contribution in [3.63, 3.8) is 0 Å². The predicted octanol–water partition coefficient (Wildman–Crippen LogP) is -0.379. The molecular formula is C13H22N6O2.